The highest BCUT2D eigenvalue weighted by atomic mass is 16.3. The predicted octanol–water partition coefficient (Wildman–Crippen LogP) is 1.43. The van der Waals surface area contributed by atoms with E-state index in [4.69, 9.17) is 4.42 Å². The summed E-state index contributed by atoms with van der Waals surface area (Å²) in [4.78, 5) is 11.7. The van der Waals surface area contributed by atoms with E-state index in [1.807, 2.05) is 20.0 Å². The maximum Gasteiger partial charge on any atom is 0.287 e. The summed E-state index contributed by atoms with van der Waals surface area (Å²) in [6.45, 7) is 5.62. The van der Waals surface area contributed by atoms with Crippen LogP contribution in [0, 0.1) is 5.92 Å². The van der Waals surface area contributed by atoms with Crippen LogP contribution in [-0.2, 0) is 6.42 Å². The Bertz CT molecular complexity index is 334. The van der Waals surface area contributed by atoms with Crippen molar-refractivity contribution in [3.8, 4) is 0 Å². The van der Waals surface area contributed by atoms with Crippen LogP contribution in [0.25, 0.3) is 0 Å². The molecule has 0 aromatic carbocycles. The molecule has 1 aromatic rings. The SMILES string of the molecule is CCc1ccc(C(=O)NCC(C)CNC)o1. The second-order valence-corrected chi connectivity index (χ2v) is 3.99. The first kappa shape index (κ1) is 12.8. The zero-order valence-electron chi connectivity index (χ0n) is 10.2. The van der Waals surface area contributed by atoms with Gasteiger partial charge in [-0.2, -0.15) is 0 Å². The molecule has 1 aromatic heterocycles. The highest BCUT2D eigenvalue weighted by Gasteiger charge is 2.11. The molecule has 16 heavy (non-hydrogen) atoms. The zero-order valence-corrected chi connectivity index (χ0v) is 10.2. The van der Waals surface area contributed by atoms with E-state index in [0.29, 0.717) is 18.2 Å². The van der Waals surface area contributed by atoms with Crippen LogP contribution in [0.3, 0.4) is 0 Å². The molecule has 1 heterocycles. The first-order valence-corrected chi connectivity index (χ1v) is 5.68. The van der Waals surface area contributed by atoms with Crippen LogP contribution in [-0.4, -0.2) is 26.0 Å². The fourth-order valence-corrected chi connectivity index (χ4v) is 1.46. The minimum absolute atomic E-state index is 0.136. The summed E-state index contributed by atoms with van der Waals surface area (Å²) in [5.74, 6) is 1.51. The smallest absolute Gasteiger partial charge is 0.287 e. The molecule has 0 fully saturated rings. The van der Waals surface area contributed by atoms with Gasteiger partial charge in [-0.1, -0.05) is 13.8 Å². The Labute approximate surface area is 96.4 Å². The molecule has 0 aliphatic carbocycles. The Morgan fingerprint density at radius 3 is 2.75 bits per heavy atom. The first-order chi connectivity index (χ1) is 7.67. The summed E-state index contributed by atoms with van der Waals surface area (Å²) in [5, 5.41) is 5.92. The Kier molecular flexibility index (Phi) is 5.05. The van der Waals surface area contributed by atoms with Gasteiger partial charge in [-0.05, 0) is 31.6 Å². The summed E-state index contributed by atoms with van der Waals surface area (Å²) in [7, 11) is 1.90. The van der Waals surface area contributed by atoms with Gasteiger partial charge < -0.3 is 15.1 Å². The second-order valence-electron chi connectivity index (χ2n) is 3.99. The number of carbonyl (C=O) groups excluding carboxylic acids is 1. The van der Waals surface area contributed by atoms with Crippen LogP contribution in [0.1, 0.15) is 30.2 Å². The number of hydrogen-bond donors (Lipinski definition) is 2. The third-order valence-electron chi connectivity index (χ3n) is 2.40. The van der Waals surface area contributed by atoms with Crippen LogP contribution < -0.4 is 10.6 Å². The molecule has 1 rings (SSSR count). The van der Waals surface area contributed by atoms with Crippen LogP contribution >= 0.6 is 0 Å². The fourth-order valence-electron chi connectivity index (χ4n) is 1.46. The van der Waals surface area contributed by atoms with E-state index in [0.717, 1.165) is 18.7 Å². The second kappa shape index (κ2) is 6.33. The molecule has 0 bridgehead atoms. The van der Waals surface area contributed by atoms with Crippen molar-refractivity contribution in [2.24, 2.45) is 5.92 Å². The standard InChI is InChI=1S/C12H20N2O2/c1-4-10-5-6-11(16-10)12(15)14-8-9(2)7-13-3/h5-6,9,13H,4,7-8H2,1-3H3,(H,14,15). The molecule has 4 heteroatoms. The van der Waals surface area contributed by atoms with Crippen molar-refractivity contribution >= 4 is 5.91 Å². The van der Waals surface area contributed by atoms with Gasteiger partial charge in [0.15, 0.2) is 5.76 Å². The van der Waals surface area contributed by atoms with E-state index in [-0.39, 0.29) is 5.91 Å². The lowest BCUT2D eigenvalue weighted by Gasteiger charge is -2.10. The van der Waals surface area contributed by atoms with E-state index >= 15 is 0 Å². The number of rotatable bonds is 6. The number of furan rings is 1. The predicted molar refractivity (Wildman–Crippen MR) is 63.5 cm³/mol. The van der Waals surface area contributed by atoms with Gasteiger partial charge in [0.1, 0.15) is 5.76 Å². The topological polar surface area (TPSA) is 54.3 Å². The molecular formula is C12H20N2O2. The normalized spacial score (nSPS) is 12.4. The maximum absolute atomic E-state index is 11.7. The van der Waals surface area contributed by atoms with Gasteiger partial charge in [-0.15, -0.1) is 0 Å². The van der Waals surface area contributed by atoms with Crippen LogP contribution in [0.4, 0.5) is 0 Å². The number of aryl methyl sites for hydroxylation is 1. The maximum atomic E-state index is 11.7. The van der Waals surface area contributed by atoms with Gasteiger partial charge in [0.25, 0.3) is 5.91 Å². The monoisotopic (exact) mass is 224 g/mol. The fraction of sp³-hybridized carbons (Fsp3) is 0.583. The molecule has 1 unspecified atom stereocenters. The Hall–Kier alpha value is -1.29. The molecule has 0 aliphatic heterocycles. The Balaban J connectivity index is 2.40. The van der Waals surface area contributed by atoms with Gasteiger partial charge in [0.05, 0.1) is 0 Å². The van der Waals surface area contributed by atoms with E-state index in [1.165, 1.54) is 0 Å². The minimum atomic E-state index is -0.136. The van der Waals surface area contributed by atoms with E-state index in [1.54, 1.807) is 6.07 Å². The molecular weight excluding hydrogens is 204 g/mol. The van der Waals surface area contributed by atoms with Crippen molar-refractivity contribution in [2.75, 3.05) is 20.1 Å². The van der Waals surface area contributed by atoms with Gasteiger partial charge in [0, 0.05) is 13.0 Å². The van der Waals surface area contributed by atoms with Gasteiger partial charge in [-0.3, -0.25) is 4.79 Å². The van der Waals surface area contributed by atoms with Crippen molar-refractivity contribution in [1.29, 1.82) is 0 Å². The molecule has 1 amide bonds. The Morgan fingerprint density at radius 1 is 1.44 bits per heavy atom. The highest BCUT2D eigenvalue weighted by Crippen LogP contribution is 2.08. The molecule has 4 nitrogen and oxygen atoms in total. The average Bonchev–Trinajstić information content (AvgIpc) is 2.75. The summed E-state index contributed by atoms with van der Waals surface area (Å²) >= 11 is 0. The zero-order chi connectivity index (χ0) is 12.0. The highest BCUT2D eigenvalue weighted by molar-refractivity contribution is 5.91. The van der Waals surface area contributed by atoms with Crippen molar-refractivity contribution in [2.45, 2.75) is 20.3 Å². The number of nitrogens with one attached hydrogen (secondary N) is 2. The summed E-state index contributed by atoms with van der Waals surface area (Å²) in [5.41, 5.74) is 0. The molecule has 0 aliphatic rings. The molecule has 0 spiro atoms. The number of hydrogen-bond acceptors (Lipinski definition) is 3. The Morgan fingerprint density at radius 2 is 2.19 bits per heavy atom. The third-order valence-corrected chi connectivity index (χ3v) is 2.40. The van der Waals surface area contributed by atoms with Gasteiger partial charge >= 0.3 is 0 Å². The van der Waals surface area contributed by atoms with E-state index in [9.17, 15) is 4.79 Å². The molecule has 0 saturated carbocycles. The van der Waals surface area contributed by atoms with E-state index in [2.05, 4.69) is 17.6 Å². The molecule has 0 saturated heterocycles. The number of amides is 1. The lowest BCUT2D eigenvalue weighted by atomic mass is 10.2. The average molecular weight is 224 g/mol. The van der Waals surface area contributed by atoms with E-state index < -0.39 is 0 Å². The van der Waals surface area contributed by atoms with Gasteiger partial charge in [0.2, 0.25) is 0 Å². The van der Waals surface area contributed by atoms with Crippen LogP contribution in [0.5, 0.6) is 0 Å². The lowest BCUT2D eigenvalue weighted by molar-refractivity contribution is 0.0918. The largest absolute Gasteiger partial charge is 0.456 e. The van der Waals surface area contributed by atoms with Crippen molar-refractivity contribution in [3.63, 3.8) is 0 Å². The van der Waals surface area contributed by atoms with Crippen molar-refractivity contribution < 1.29 is 9.21 Å². The van der Waals surface area contributed by atoms with Crippen LogP contribution in [0.2, 0.25) is 0 Å². The molecule has 0 radical (unpaired) electrons. The lowest BCUT2D eigenvalue weighted by Crippen LogP contribution is -2.31. The van der Waals surface area contributed by atoms with Crippen LogP contribution in [0.15, 0.2) is 16.5 Å². The van der Waals surface area contributed by atoms with Crippen molar-refractivity contribution in [3.05, 3.63) is 23.7 Å². The quantitative estimate of drug-likeness (QED) is 0.768. The molecule has 90 valence electrons. The summed E-state index contributed by atoms with van der Waals surface area (Å²) < 4.78 is 5.36. The summed E-state index contributed by atoms with van der Waals surface area (Å²) in [6, 6.07) is 3.56. The van der Waals surface area contributed by atoms with Crippen molar-refractivity contribution in [1.82, 2.24) is 10.6 Å². The third kappa shape index (κ3) is 3.70. The summed E-state index contributed by atoms with van der Waals surface area (Å²) in [6.07, 6.45) is 0.809. The van der Waals surface area contributed by atoms with Gasteiger partial charge in [-0.25, -0.2) is 0 Å². The molecule has 2 N–H and O–H groups in total. The first-order valence-electron chi connectivity index (χ1n) is 5.68. The molecule has 1 atom stereocenters. The number of carbonyl (C=O) groups is 1. The minimum Gasteiger partial charge on any atom is -0.456 e.